The molecule has 1 unspecified atom stereocenters. The van der Waals surface area contributed by atoms with Gasteiger partial charge in [-0.15, -0.1) is 0 Å². The number of rotatable bonds is 4. The van der Waals surface area contributed by atoms with Crippen LogP contribution in [0, 0.1) is 0 Å². The lowest BCUT2D eigenvalue weighted by Gasteiger charge is -2.41. The van der Waals surface area contributed by atoms with E-state index in [1.165, 1.54) is 0 Å². The molecule has 0 N–H and O–H groups in total. The summed E-state index contributed by atoms with van der Waals surface area (Å²) in [5.74, 6) is 0.654. The number of benzene rings is 1. The Morgan fingerprint density at radius 1 is 1.00 bits per heavy atom. The number of carbonyl (C=O) groups excluding carboxylic acids is 2. The summed E-state index contributed by atoms with van der Waals surface area (Å²) in [7, 11) is 0. The number of anilines is 1. The fraction of sp³-hybridized carbons (Fsp3) is 0.500. The zero-order valence-corrected chi connectivity index (χ0v) is 19.3. The van der Waals surface area contributed by atoms with Crippen LogP contribution in [-0.4, -0.2) is 40.1 Å². The van der Waals surface area contributed by atoms with Gasteiger partial charge in [-0.2, -0.15) is 0 Å². The first-order valence-corrected chi connectivity index (χ1v) is 11.7. The topological polar surface area (TPSA) is 62.7 Å². The summed E-state index contributed by atoms with van der Waals surface area (Å²) in [6.07, 6.45) is 7.19. The minimum Gasteiger partial charge on any atom is -0.443 e. The Morgan fingerprint density at radius 2 is 1.75 bits per heavy atom. The Balaban J connectivity index is 1.70. The largest absolute Gasteiger partial charge is 0.443 e. The van der Waals surface area contributed by atoms with Crippen LogP contribution >= 0.6 is 0 Å². The Hall–Kier alpha value is -2.89. The molecule has 2 aliphatic rings. The molecule has 2 fully saturated rings. The van der Waals surface area contributed by atoms with Crippen molar-refractivity contribution >= 4 is 17.8 Å². The Labute approximate surface area is 190 Å². The lowest BCUT2D eigenvalue weighted by Crippen LogP contribution is -2.48. The van der Waals surface area contributed by atoms with E-state index >= 15 is 0 Å². The second-order valence-electron chi connectivity index (χ2n) is 9.73. The SMILES string of the molecule is CC(C)(C)OC(=O)N(c1ncccc1C1CCCCN1C(=O)c1ccccc1)C1CCC1. The van der Waals surface area contributed by atoms with Gasteiger partial charge in [-0.1, -0.05) is 24.3 Å². The van der Waals surface area contributed by atoms with Gasteiger partial charge in [0.25, 0.3) is 5.91 Å². The van der Waals surface area contributed by atoms with Crippen LogP contribution in [-0.2, 0) is 4.74 Å². The van der Waals surface area contributed by atoms with E-state index in [1.54, 1.807) is 11.1 Å². The van der Waals surface area contributed by atoms with Crippen LogP contribution in [0.3, 0.4) is 0 Å². The summed E-state index contributed by atoms with van der Waals surface area (Å²) in [4.78, 5) is 35.0. The molecule has 4 rings (SSSR count). The van der Waals surface area contributed by atoms with Crippen LogP contribution in [0.2, 0.25) is 0 Å². The molecule has 2 aromatic rings. The molecule has 6 heteroatoms. The van der Waals surface area contributed by atoms with Crippen LogP contribution in [0.1, 0.15) is 81.3 Å². The van der Waals surface area contributed by atoms with Gasteiger partial charge in [0, 0.05) is 29.9 Å². The molecule has 1 atom stereocenters. The fourth-order valence-corrected chi connectivity index (χ4v) is 4.48. The highest BCUT2D eigenvalue weighted by molar-refractivity contribution is 5.95. The molecule has 1 aliphatic heterocycles. The Bertz CT molecular complexity index is 950. The van der Waals surface area contributed by atoms with Crippen LogP contribution in [0.15, 0.2) is 48.7 Å². The molecule has 1 saturated carbocycles. The molecule has 2 heterocycles. The van der Waals surface area contributed by atoms with Gasteiger partial charge in [-0.25, -0.2) is 9.78 Å². The zero-order chi connectivity index (χ0) is 22.7. The molecule has 2 amide bonds. The van der Waals surface area contributed by atoms with Crippen molar-refractivity contribution in [3.63, 3.8) is 0 Å². The molecular formula is C26H33N3O3. The standard InChI is InChI=1S/C26H33N3O3/c1-26(2,3)32-25(31)29(20-13-9-14-20)23-21(15-10-17-27-23)22-16-7-8-18-28(22)24(30)19-11-5-4-6-12-19/h4-6,10-12,15,17,20,22H,7-9,13-14,16,18H2,1-3H3. The summed E-state index contributed by atoms with van der Waals surface area (Å²) < 4.78 is 5.76. The summed E-state index contributed by atoms with van der Waals surface area (Å²) in [6.45, 7) is 6.34. The summed E-state index contributed by atoms with van der Waals surface area (Å²) >= 11 is 0. The summed E-state index contributed by atoms with van der Waals surface area (Å²) in [6, 6.07) is 13.3. The molecule has 0 bridgehead atoms. The number of pyridine rings is 1. The molecule has 0 spiro atoms. The number of hydrogen-bond donors (Lipinski definition) is 0. The highest BCUT2D eigenvalue weighted by atomic mass is 16.6. The van der Waals surface area contributed by atoms with E-state index in [1.807, 2.05) is 68.1 Å². The summed E-state index contributed by atoms with van der Waals surface area (Å²) in [5, 5.41) is 0. The van der Waals surface area contributed by atoms with E-state index in [2.05, 4.69) is 4.98 Å². The Kier molecular flexibility index (Phi) is 6.49. The van der Waals surface area contributed by atoms with Gasteiger partial charge in [0.2, 0.25) is 0 Å². The lowest BCUT2D eigenvalue weighted by molar-refractivity contribution is 0.0546. The third-order valence-corrected chi connectivity index (χ3v) is 6.22. The highest BCUT2D eigenvalue weighted by Gasteiger charge is 2.38. The van der Waals surface area contributed by atoms with Gasteiger partial charge >= 0.3 is 6.09 Å². The van der Waals surface area contributed by atoms with E-state index in [-0.39, 0.29) is 24.1 Å². The van der Waals surface area contributed by atoms with Crippen LogP contribution < -0.4 is 4.90 Å². The lowest BCUT2D eigenvalue weighted by atomic mass is 9.90. The average Bonchev–Trinajstić information content (AvgIpc) is 2.75. The quantitative estimate of drug-likeness (QED) is 0.614. The molecule has 1 aromatic carbocycles. The maximum absolute atomic E-state index is 13.4. The predicted octanol–water partition coefficient (Wildman–Crippen LogP) is 5.74. The molecule has 1 aromatic heterocycles. The predicted molar refractivity (Wildman–Crippen MR) is 125 cm³/mol. The first kappa shape index (κ1) is 22.3. The third kappa shape index (κ3) is 4.79. The van der Waals surface area contributed by atoms with Crippen LogP contribution in [0.5, 0.6) is 0 Å². The van der Waals surface area contributed by atoms with Gasteiger partial charge in [0.1, 0.15) is 11.4 Å². The van der Waals surface area contributed by atoms with Crippen LogP contribution in [0.4, 0.5) is 10.6 Å². The second-order valence-corrected chi connectivity index (χ2v) is 9.73. The minimum atomic E-state index is -0.589. The molecule has 0 radical (unpaired) electrons. The van der Waals surface area contributed by atoms with Gasteiger partial charge in [0.05, 0.1) is 6.04 Å². The number of amides is 2. The average molecular weight is 436 g/mol. The molecule has 6 nitrogen and oxygen atoms in total. The number of nitrogens with zero attached hydrogens (tertiary/aromatic N) is 3. The highest BCUT2D eigenvalue weighted by Crippen LogP contribution is 2.39. The number of ether oxygens (including phenoxy) is 1. The first-order chi connectivity index (χ1) is 15.3. The maximum Gasteiger partial charge on any atom is 0.416 e. The van der Waals surface area contributed by atoms with Gasteiger partial charge in [0.15, 0.2) is 0 Å². The smallest absolute Gasteiger partial charge is 0.416 e. The van der Waals surface area contributed by atoms with Crippen molar-refractivity contribution in [2.24, 2.45) is 0 Å². The van der Waals surface area contributed by atoms with Crippen molar-refractivity contribution in [1.29, 1.82) is 0 Å². The van der Waals surface area contributed by atoms with E-state index in [0.29, 0.717) is 17.9 Å². The van der Waals surface area contributed by atoms with Crippen LogP contribution in [0.25, 0.3) is 0 Å². The zero-order valence-electron chi connectivity index (χ0n) is 19.3. The molecule has 32 heavy (non-hydrogen) atoms. The van der Waals surface area contributed by atoms with Crippen molar-refractivity contribution in [2.45, 2.75) is 77.0 Å². The Morgan fingerprint density at radius 3 is 2.41 bits per heavy atom. The molecule has 1 aliphatic carbocycles. The van der Waals surface area contributed by atoms with E-state index in [4.69, 9.17) is 4.74 Å². The number of carbonyl (C=O) groups is 2. The molecule has 170 valence electrons. The van der Waals surface area contributed by atoms with Crippen molar-refractivity contribution in [1.82, 2.24) is 9.88 Å². The third-order valence-electron chi connectivity index (χ3n) is 6.22. The van der Waals surface area contributed by atoms with Crippen molar-refractivity contribution in [2.75, 3.05) is 11.4 Å². The number of aromatic nitrogens is 1. The van der Waals surface area contributed by atoms with Crippen molar-refractivity contribution in [3.05, 3.63) is 59.8 Å². The van der Waals surface area contributed by atoms with Crippen molar-refractivity contribution in [3.8, 4) is 0 Å². The van der Waals surface area contributed by atoms with E-state index in [9.17, 15) is 9.59 Å². The second kappa shape index (κ2) is 9.31. The number of likely N-dealkylation sites (tertiary alicyclic amines) is 1. The van der Waals surface area contributed by atoms with Crippen molar-refractivity contribution < 1.29 is 14.3 Å². The fourth-order valence-electron chi connectivity index (χ4n) is 4.48. The maximum atomic E-state index is 13.4. The monoisotopic (exact) mass is 435 g/mol. The van der Waals surface area contributed by atoms with Gasteiger partial charge < -0.3 is 9.64 Å². The van der Waals surface area contributed by atoms with E-state index < -0.39 is 5.60 Å². The van der Waals surface area contributed by atoms with E-state index in [0.717, 1.165) is 44.1 Å². The number of hydrogen-bond acceptors (Lipinski definition) is 4. The minimum absolute atomic E-state index is 0.0255. The first-order valence-electron chi connectivity index (χ1n) is 11.7. The normalized spacial score (nSPS) is 19.2. The summed E-state index contributed by atoms with van der Waals surface area (Å²) in [5.41, 5.74) is 1.02. The molecule has 1 saturated heterocycles. The van der Waals surface area contributed by atoms with Gasteiger partial charge in [-0.3, -0.25) is 9.69 Å². The number of piperidine rings is 1. The molecular weight excluding hydrogens is 402 g/mol. The van der Waals surface area contributed by atoms with Gasteiger partial charge in [-0.05, 0) is 77.5 Å².